The molecule has 32 heavy (non-hydrogen) atoms. The van der Waals surface area contributed by atoms with Crippen molar-refractivity contribution in [3.8, 4) is 0 Å². The Labute approximate surface area is 198 Å². The van der Waals surface area contributed by atoms with Crippen molar-refractivity contribution >= 4 is 5.97 Å². The molecule has 0 aromatic rings. The predicted octanol–water partition coefficient (Wildman–Crippen LogP) is 9.51. The molecule has 0 heterocycles. The van der Waals surface area contributed by atoms with Gasteiger partial charge in [0.1, 0.15) is 5.76 Å². The number of esters is 1. The first-order valence-corrected chi connectivity index (χ1v) is 14.1. The average Bonchev–Trinajstić information content (AvgIpc) is 3.08. The van der Waals surface area contributed by atoms with Gasteiger partial charge in [-0.3, -0.25) is 4.79 Å². The number of carbonyl (C=O) groups excluding carboxylic acids is 1. The van der Waals surface area contributed by atoms with Crippen LogP contribution in [-0.2, 0) is 9.53 Å². The zero-order valence-electron chi connectivity index (χ0n) is 20.7. The van der Waals surface area contributed by atoms with E-state index < -0.39 is 0 Å². The van der Waals surface area contributed by atoms with Crippen LogP contribution in [0.1, 0.15) is 141 Å². The Hall–Kier alpha value is -1.31. The molecule has 0 saturated carbocycles. The molecule has 0 bridgehead atoms. The van der Waals surface area contributed by atoms with E-state index in [1.54, 1.807) is 0 Å². The number of rotatable bonds is 5. The van der Waals surface area contributed by atoms with E-state index in [2.05, 4.69) is 18.2 Å². The normalized spacial score (nSPS) is 23.6. The molecule has 0 unspecified atom stereocenters. The van der Waals surface area contributed by atoms with Gasteiger partial charge in [0.15, 0.2) is 0 Å². The number of carbonyl (C=O) groups is 1. The zero-order chi connectivity index (χ0) is 22.3. The first-order valence-electron chi connectivity index (χ1n) is 14.1. The van der Waals surface area contributed by atoms with Crippen molar-refractivity contribution in [3.05, 3.63) is 35.1 Å². The largest absolute Gasteiger partial charge is 0.431 e. The van der Waals surface area contributed by atoms with E-state index in [-0.39, 0.29) is 11.9 Å². The van der Waals surface area contributed by atoms with Gasteiger partial charge in [0, 0.05) is 12.3 Å². The van der Waals surface area contributed by atoms with Gasteiger partial charge in [-0.1, -0.05) is 81.1 Å². The van der Waals surface area contributed by atoms with E-state index in [9.17, 15) is 4.79 Å². The van der Waals surface area contributed by atoms with Crippen LogP contribution in [0.2, 0.25) is 0 Å². The summed E-state index contributed by atoms with van der Waals surface area (Å²) in [5, 5.41) is 0. The molecule has 0 spiro atoms. The molecule has 0 atom stereocenters. The summed E-state index contributed by atoms with van der Waals surface area (Å²) in [5.74, 6) is 1.22. The first kappa shape index (κ1) is 25.3. The van der Waals surface area contributed by atoms with Crippen molar-refractivity contribution in [2.75, 3.05) is 0 Å². The van der Waals surface area contributed by atoms with Gasteiger partial charge in [0.05, 0.1) is 6.42 Å². The van der Waals surface area contributed by atoms with Gasteiger partial charge in [-0.2, -0.15) is 0 Å². The van der Waals surface area contributed by atoms with Crippen molar-refractivity contribution in [2.45, 2.75) is 141 Å². The van der Waals surface area contributed by atoms with E-state index >= 15 is 0 Å². The second kappa shape index (κ2) is 15.5. The highest BCUT2D eigenvalue weighted by Crippen LogP contribution is 2.35. The van der Waals surface area contributed by atoms with Crippen molar-refractivity contribution in [2.24, 2.45) is 5.92 Å². The minimum Gasteiger partial charge on any atom is -0.431 e. The molecule has 2 heteroatoms. The summed E-state index contributed by atoms with van der Waals surface area (Å²) < 4.78 is 6.02. The third kappa shape index (κ3) is 9.67. The predicted molar refractivity (Wildman–Crippen MR) is 135 cm³/mol. The Morgan fingerprint density at radius 2 is 1.03 bits per heavy atom. The highest BCUT2D eigenvalue weighted by atomic mass is 16.5. The third-order valence-corrected chi connectivity index (χ3v) is 7.66. The fraction of sp³-hybridized carbons (Fsp3) is 0.767. The van der Waals surface area contributed by atoms with Gasteiger partial charge in [-0.15, -0.1) is 0 Å². The standard InChI is InChI=1S/C30H48O2/c31-30(32-28-23-17-11-5-6-12-18-24-28)25-29(26-19-13-7-1-2-8-14-20-26)27-21-15-9-3-4-10-16-22-27/h19,21,23,29H,1-18,20,22,24-25H2. The summed E-state index contributed by atoms with van der Waals surface area (Å²) in [6, 6.07) is 0. The van der Waals surface area contributed by atoms with Crippen LogP contribution in [-0.4, -0.2) is 5.97 Å². The van der Waals surface area contributed by atoms with Gasteiger partial charge in [0.2, 0.25) is 0 Å². The molecule has 2 nitrogen and oxygen atoms in total. The van der Waals surface area contributed by atoms with Gasteiger partial charge >= 0.3 is 5.97 Å². The molecule has 3 rings (SSSR count). The molecule has 3 aliphatic rings. The lowest BCUT2D eigenvalue weighted by Crippen LogP contribution is -2.17. The van der Waals surface area contributed by atoms with Crippen molar-refractivity contribution < 1.29 is 9.53 Å². The second-order valence-electron chi connectivity index (χ2n) is 10.4. The number of hydrogen-bond donors (Lipinski definition) is 0. The van der Waals surface area contributed by atoms with Crippen LogP contribution in [0.4, 0.5) is 0 Å². The fourth-order valence-electron chi connectivity index (χ4n) is 5.71. The molecular formula is C30H48O2. The summed E-state index contributed by atoms with van der Waals surface area (Å²) in [7, 11) is 0. The Morgan fingerprint density at radius 1 is 0.594 bits per heavy atom. The van der Waals surface area contributed by atoms with Gasteiger partial charge in [-0.05, 0) is 76.7 Å². The summed E-state index contributed by atoms with van der Waals surface area (Å²) in [6.45, 7) is 0. The van der Waals surface area contributed by atoms with E-state index in [1.165, 1.54) is 114 Å². The summed E-state index contributed by atoms with van der Waals surface area (Å²) >= 11 is 0. The third-order valence-electron chi connectivity index (χ3n) is 7.66. The maximum atomic E-state index is 13.2. The van der Waals surface area contributed by atoms with Crippen molar-refractivity contribution in [1.82, 2.24) is 0 Å². The Bertz CT molecular complexity index is 607. The lowest BCUT2D eigenvalue weighted by molar-refractivity contribution is -0.140. The van der Waals surface area contributed by atoms with Crippen LogP contribution in [0.3, 0.4) is 0 Å². The van der Waals surface area contributed by atoms with Crippen LogP contribution in [0.5, 0.6) is 0 Å². The first-order chi connectivity index (χ1) is 15.8. The maximum absolute atomic E-state index is 13.2. The van der Waals surface area contributed by atoms with Crippen LogP contribution < -0.4 is 0 Å². The smallest absolute Gasteiger partial charge is 0.311 e. The monoisotopic (exact) mass is 440 g/mol. The lowest BCUT2D eigenvalue weighted by Gasteiger charge is -2.24. The molecule has 3 aliphatic carbocycles. The molecule has 0 aromatic carbocycles. The van der Waals surface area contributed by atoms with Crippen LogP contribution in [0, 0.1) is 5.92 Å². The molecule has 0 saturated heterocycles. The van der Waals surface area contributed by atoms with Gasteiger partial charge in [-0.25, -0.2) is 0 Å². The Morgan fingerprint density at radius 3 is 1.59 bits per heavy atom. The van der Waals surface area contributed by atoms with E-state index in [0.717, 1.165) is 37.9 Å². The molecule has 0 aliphatic heterocycles. The van der Waals surface area contributed by atoms with Gasteiger partial charge in [0.25, 0.3) is 0 Å². The highest BCUT2D eigenvalue weighted by molar-refractivity contribution is 5.72. The SMILES string of the molecule is O=C(CC(C1=CCCCCCCC1)C1=CCCCCCCC1)OC1=CCCCCCCC1. The molecule has 0 N–H and O–H groups in total. The molecule has 180 valence electrons. The van der Waals surface area contributed by atoms with Gasteiger partial charge < -0.3 is 4.74 Å². The van der Waals surface area contributed by atoms with E-state index in [1.807, 2.05) is 0 Å². The molecule has 0 fully saturated rings. The molecular weight excluding hydrogens is 392 g/mol. The summed E-state index contributed by atoms with van der Waals surface area (Å²) in [6.07, 6.45) is 34.0. The van der Waals surface area contributed by atoms with Crippen LogP contribution >= 0.6 is 0 Å². The Balaban J connectivity index is 1.73. The summed E-state index contributed by atoms with van der Waals surface area (Å²) in [5.41, 5.74) is 3.08. The second-order valence-corrected chi connectivity index (χ2v) is 10.4. The van der Waals surface area contributed by atoms with E-state index in [4.69, 9.17) is 4.74 Å². The highest BCUT2D eigenvalue weighted by Gasteiger charge is 2.24. The van der Waals surface area contributed by atoms with Crippen molar-refractivity contribution in [1.29, 1.82) is 0 Å². The average molecular weight is 441 g/mol. The molecule has 0 aromatic heterocycles. The maximum Gasteiger partial charge on any atom is 0.311 e. The fourth-order valence-corrected chi connectivity index (χ4v) is 5.71. The van der Waals surface area contributed by atoms with Crippen LogP contribution in [0.25, 0.3) is 0 Å². The Kier molecular flexibility index (Phi) is 12.3. The topological polar surface area (TPSA) is 26.3 Å². The lowest BCUT2D eigenvalue weighted by atomic mass is 9.82. The van der Waals surface area contributed by atoms with Crippen molar-refractivity contribution in [3.63, 3.8) is 0 Å². The van der Waals surface area contributed by atoms with E-state index in [0.29, 0.717) is 6.42 Å². The minimum atomic E-state index is 0.00189. The number of ether oxygens (including phenoxy) is 1. The zero-order valence-corrected chi connectivity index (χ0v) is 20.7. The van der Waals surface area contributed by atoms with Crippen LogP contribution in [0.15, 0.2) is 35.1 Å². The summed E-state index contributed by atoms with van der Waals surface area (Å²) in [4.78, 5) is 13.2. The number of hydrogen-bond acceptors (Lipinski definition) is 2. The quantitative estimate of drug-likeness (QED) is 0.314. The molecule has 0 radical (unpaired) electrons. The minimum absolute atomic E-state index is 0.00189. The number of allylic oxidation sites excluding steroid dienone is 6. The molecule has 0 amide bonds.